The summed E-state index contributed by atoms with van der Waals surface area (Å²) in [5, 5.41) is 1.33. The number of aromatic amines is 1. The Morgan fingerprint density at radius 1 is 1.12 bits per heavy atom. The Kier molecular flexibility index (Phi) is 2.66. The molecule has 1 aromatic carbocycles. The predicted molar refractivity (Wildman–Crippen MR) is 67.7 cm³/mol. The number of benzene rings is 1. The number of fused-ring (bicyclic) bond motifs is 1. The summed E-state index contributed by atoms with van der Waals surface area (Å²) in [6.45, 7) is 3.78. The number of nitrogens with zero attached hydrogens (tertiary/aromatic N) is 1. The Morgan fingerprint density at radius 2 is 1.94 bits per heavy atom. The van der Waals surface area contributed by atoms with Gasteiger partial charge in [-0.15, -0.1) is 0 Å². The lowest BCUT2D eigenvalue weighted by Crippen LogP contribution is -2.21. The summed E-state index contributed by atoms with van der Waals surface area (Å²) in [4.78, 5) is 6.05. The molecule has 0 amide bonds. The predicted octanol–water partition coefficient (Wildman–Crippen LogP) is 2.81. The number of aromatic nitrogens is 1. The van der Waals surface area contributed by atoms with Crippen LogP contribution < -0.4 is 0 Å². The smallest absolute Gasteiger partial charge is 0.0456 e. The molecule has 2 heteroatoms. The van der Waals surface area contributed by atoms with E-state index in [1.54, 1.807) is 0 Å². The molecule has 0 bridgehead atoms. The van der Waals surface area contributed by atoms with E-state index in [1.165, 1.54) is 49.1 Å². The standard InChI is InChI=1S/C14H18N2/c1-2-6-14-12(5-1)11-13(15-14)7-10-16-8-3-4-9-16/h1-2,5-6,11,15H,3-4,7-10H2. The first kappa shape index (κ1) is 9.91. The Morgan fingerprint density at radius 3 is 2.75 bits per heavy atom. The van der Waals surface area contributed by atoms with Crippen molar-refractivity contribution in [1.29, 1.82) is 0 Å². The maximum absolute atomic E-state index is 3.49. The molecule has 0 radical (unpaired) electrons. The van der Waals surface area contributed by atoms with Crippen LogP contribution in [0.2, 0.25) is 0 Å². The number of para-hydroxylation sites is 1. The van der Waals surface area contributed by atoms with Gasteiger partial charge in [-0.05, 0) is 43.5 Å². The zero-order valence-electron chi connectivity index (χ0n) is 9.58. The molecule has 84 valence electrons. The van der Waals surface area contributed by atoms with E-state index in [4.69, 9.17) is 0 Å². The molecule has 0 aliphatic carbocycles. The van der Waals surface area contributed by atoms with Crippen LogP contribution in [0.4, 0.5) is 0 Å². The number of hydrogen-bond acceptors (Lipinski definition) is 1. The molecular weight excluding hydrogens is 196 g/mol. The van der Waals surface area contributed by atoms with Crippen LogP contribution in [0.25, 0.3) is 10.9 Å². The number of hydrogen-bond donors (Lipinski definition) is 1. The summed E-state index contributed by atoms with van der Waals surface area (Å²) in [7, 11) is 0. The quantitative estimate of drug-likeness (QED) is 0.832. The van der Waals surface area contributed by atoms with Gasteiger partial charge in [0.25, 0.3) is 0 Å². The second-order valence-corrected chi connectivity index (χ2v) is 4.68. The van der Waals surface area contributed by atoms with E-state index < -0.39 is 0 Å². The summed E-state index contributed by atoms with van der Waals surface area (Å²) in [6, 6.07) is 10.8. The van der Waals surface area contributed by atoms with Gasteiger partial charge >= 0.3 is 0 Å². The molecular formula is C14H18N2. The monoisotopic (exact) mass is 214 g/mol. The van der Waals surface area contributed by atoms with Gasteiger partial charge in [0, 0.05) is 24.2 Å². The third-order valence-electron chi connectivity index (χ3n) is 3.48. The molecule has 1 aliphatic rings. The molecule has 0 saturated carbocycles. The minimum absolute atomic E-state index is 1.15. The van der Waals surface area contributed by atoms with Crippen molar-refractivity contribution in [2.75, 3.05) is 19.6 Å². The summed E-state index contributed by atoms with van der Waals surface area (Å²) in [5.74, 6) is 0. The second-order valence-electron chi connectivity index (χ2n) is 4.68. The molecule has 1 fully saturated rings. The van der Waals surface area contributed by atoms with Crippen molar-refractivity contribution in [1.82, 2.24) is 9.88 Å². The van der Waals surface area contributed by atoms with Gasteiger partial charge in [0.2, 0.25) is 0 Å². The molecule has 2 aromatic rings. The third kappa shape index (κ3) is 1.98. The van der Waals surface area contributed by atoms with Gasteiger partial charge < -0.3 is 9.88 Å². The highest BCUT2D eigenvalue weighted by Gasteiger charge is 2.11. The van der Waals surface area contributed by atoms with Crippen LogP contribution in [-0.4, -0.2) is 29.5 Å². The van der Waals surface area contributed by atoms with E-state index in [0.29, 0.717) is 0 Å². The molecule has 0 spiro atoms. The Bertz CT molecular complexity index is 433. The molecule has 1 aromatic heterocycles. The second kappa shape index (κ2) is 4.30. The lowest BCUT2D eigenvalue weighted by molar-refractivity contribution is 0.342. The Balaban J connectivity index is 1.69. The van der Waals surface area contributed by atoms with Crippen molar-refractivity contribution >= 4 is 10.9 Å². The number of nitrogens with one attached hydrogen (secondary N) is 1. The molecule has 1 N–H and O–H groups in total. The van der Waals surface area contributed by atoms with E-state index in [1.807, 2.05) is 0 Å². The Labute approximate surface area is 96.3 Å². The number of likely N-dealkylation sites (tertiary alicyclic amines) is 1. The first-order chi connectivity index (χ1) is 7.92. The van der Waals surface area contributed by atoms with E-state index in [-0.39, 0.29) is 0 Å². The first-order valence-electron chi connectivity index (χ1n) is 6.21. The lowest BCUT2D eigenvalue weighted by Gasteiger charge is -2.13. The van der Waals surface area contributed by atoms with Crippen molar-refractivity contribution in [2.45, 2.75) is 19.3 Å². The number of H-pyrrole nitrogens is 1. The fraction of sp³-hybridized carbons (Fsp3) is 0.429. The van der Waals surface area contributed by atoms with Crippen molar-refractivity contribution < 1.29 is 0 Å². The highest BCUT2D eigenvalue weighted by Crippen LogP contribution is 2.16. The maximum Gasteiger partial charge on any atom is 0.0456 e. The van der Waals surface area contributed by atoms with E-state index >= 15 is 0 Å². The molecule has 0 atom stereocenters. The summed E-state index contributed by atoms with van der Waals surface area (Å²) in [6.07, 6.45) is 3.91. The zero-order chi connectivity index (χ0) is 10.8. The summed E-state index contributed by atoms with van der Waals surface area (Å²) < 4.78 is 0. The van der Waals surface area contributed by atoms with Gasteiger partial charge in [-0.2, -0.15) is 0 Å². The molecule has 3 rings (SSSR count). The fourth-order valence-electron chi connectivity index (χ4n) is 2.55. The van der Waals surface area contributed by atoms with E-state index in [0.717, 1.165) is 6.42 Å². The van der Waals surface area contributed by atoms with Gasteiger partial charge in [-0.25, -0.2) is 0 Å². The molecule has 2 nitrogen and oxygen atoms in total. The molecule has 1 saturated heterocycles. The fourth-order valence-corrected chi connectivity index (χ4v) is 2.55. The van der Waals surface area contributed by atoms with Gasteiger partial charge in [-0.1, -0.05) is 18.2 Å². The van der Waals surface area contributed by atoms with Crippen LogP contribution in [0.1, 0.15) is 18.5 Å². The van der Waals surface area contributed by atoms with Gasteiger partial charge in [0.1, 0.15) is 0 Å². The van der Waals surface area contributed by atoms with Crippen LogP contribution in [0.5, 0.6) is 0 Å². The van der Waals surface area contributed by atoms with Crippen LogP contribution in [0.15, 0.2) is 30.3 Å². The van der Waals surface area contributed by atoms with Crippen LogP contribution in [0, 0.1) is 0 Å². The van der Waals surface area contributed by atoms with E-state index in [9.17, 15) is 0 Å². The largest absolute Gasteiger partial charge is 0.358 e. The average molecular weight is 214 g/mol. The highest BCUT2D eigenvalue weighted by atomic mass is 15.1. The van der Waals surface area contributed by atoms with Crippen molar-refractivity contribution in [3.8, 4) is 0 Å². The minimum Gasteiger partial charge on any atom is -0.358 e. The van der Waals surface area contributed by atoms with Crippen LogP contribution in [-0.2, 0) is 6.42 Å². The van der Waals surface area contributed by atoms with Crippen LogP contribution in [0.3, 0.4) is 0 Å². The normalized spacial score (nSPS) is 17.2. The third-order valence-corrected chi connectivity index (χ3v) is 3.48. The van der Waals surface area contributed by atoms with Gasteiger partial charge in [0.15, 0.2) is 0 Å². The summed E-state index contributed by atoms with van der Waals surface area (Å²) in [5.41, 5.74) is 2.63. The van der Waals surface area contributed by atoms with E-state index in [2.05, 4.69) is 40.2 Å². The molecule has 2 heterocycles. The topological polar surface area (TPSA) is 19.0 Å². The minimum atomic E-state index is 1.15. The molecule has 0 unspecified atom stereocenters. The lowest BCUT2D eigenvalue weighted by atomic mass is 10.2. The van der Waals surface area contributed by atoms with Gasteiger partial charge in [-0.3, -0.25) is 0 Å². The average Bonchev–Trinajstić information content (AvgIpc) is 2.95. The van der Waals surface area contributed by atoms with Crippen molar-refractivity contribution in [3.63, 3.8) is 0 Å². The van der Waals surface area contributed by atoms with Crippen LogP contribution >= 0.6 is 0 Å². The SMILES string of the molecule is c1ccc2[nH]c(CCN3CCCC3)cc2c1. The van der Waals surface area contributed by atoms with Crippen molar-refractivity contribution in [3.05, 3.63) is 36.0 Å². The molecule has 16 heavy (non-hydrogen) atoms. The maximum atomic E-state index is 3.49. The first-order valence-corrected chi connectivity index (χ1v) is 6.21. The molecule has 1 aliphatic heterocycles. The highest BCUT2D eigenvalue weighted by molar-refractivity contribution is 5.80. The van der Waals surface area contributed by atoms with Crippen molar-refractivity contribution in [2.24, 2.45) is 0 Å². The number of rotatable bonds is 3. The Hall–Kier alpha value is -1.28. The zero-order valence-corrected chi connectivity index (χ0v) is 9.58. The van der Waals surface area contributed by atoms with Gasteiger partial charge in [0.05, 0.1) is 0 Å². The summed E-state index contributed by atoms with van der Waals surface area (Å²) >= 11 is 0.